The van der Waals surface area contributed by atoms with E-state index >= 15 is 4.39 Å². The number of carbonyl (C=O) groups excluding carboxylic acids is 1. The highest BCUT2D eigenvalue weighted by Gasteiger charge is 2.30. The summed E-state index contributed by atoms with van der Waals surface area (Å²) in [5.74, 6) is -1.33. The maximum atomic E-state index is 15.1. The van der Waals surface area contributed by atoms with Crippen LogP contribution in [-0.4, -0.2) is 95.7 Å². The Morgan fingerprint density at radius 1 is 1.17 bits per heavy atom. The van der Waals surface area contributed by atoms with Gasteiger partial charge in [0.15, 0.2) is 5.82 Å². The lowest BCUT2D eigenvalue weighted by Crippen LogP contribution is -2.49. The number of amides is 1. The predicted octanol–water partition coefficient (Wildman–Crippen LogP) is 2.49. The number of carbonyl (C=O) groups is 1. The maximum Gasteiger partial charge on any atom is 0.315 e. The van der Waals surface area contributed by atoms with Crippen LogP contribution < -0.4 is 5.32 Å². The summed E-state index contributed by atoms with van der Waals surface area (Å²) in [6.45, 7) is 3.03. The van der Waals surface area contributed by atoms with Crippen molar-refractivity contribution in [2.45, 2.75) is 24.9 Å². The van der Waals surface area contributed by atoms with Crippen LogP contribution in [0.15, 0.2) is 42.1 Å². The number of allylic oxidation sites excluding steroid dienone is 3. The van der Waals surface area contributed by atoms with Crippen molar-refractivity contribution in [1.29, 1.82) is 0 Å². The summed E-state index contributed by atoms with van der Waals surface area (Å²) in [5.41, 5.74) is 2.35. The summed E-state index contributed by atoms with van der Waals surface area (Å²) in [7, 11) is 0. The molecule has 1 aliphatic carbocycles. The minimum atomic E-state index is -3.05. The molecule has 1 N–H and O–H groups in total. The van der Waals surface area contributed by atoms with E-state index in [1.54, 1.807) is 24.5 Å². The summed E-state index contributed by atoms with van der Waals surface area (Å²) in [5, 5.41) is 3.18. The number of fused-ring (bicyclic) bond motifs is 1. The van der Waals surface area contributed by atoms with E-state index in [9.17, 15) is 13.6 Å². The largest absolute Gasteiger partial charge is 0.378 e. The van der Waals surface area contributed by atoms with Gasteiger partial charge in [0.05, 0.1) is 42.8 Å². The number of pyridine rings is 1. The molecular formula is C24H27F3N6O3. The number of halogens is 3. The van der Waals surface area contributed by atoms with Gasteiger partial charge in [-0.15, -0.1) is 0 Å². The molecule has 0 spiro atoms. The van der Waals surface area contributed by atoms with Crippen LogP contribution in [0.5, 0.6) is 0 Å². The van der Waals surface area contributed by atoms with E-state index in [1.807, 2.05) is 11.0 Å². The van der Waals surface area contributed by atoms with E-state index in [-0.39, 0.29) is 38.0 Å². The van der Waals surface area contributed by atoms with E-state index in [2.05, 4.69) is 15.3 Å². The number of hydrogen-bond acceptors (Lipinski definition) is 8. The van der Waals surface area contributed by atoms with Crippen molar-refractivity contribution in [3.8, 4) is 0 Å². The first-order valence-corrected chi connectivity index (χ1v) is 11.9. The van der Waals surface area contributed by atoms with Gasteiger partial charge in [-0.05, 0) is 18.6 Å². The zero-order valence-electron chi connectivity index (χ0n) is 19.6. The van der Waals surface area contributed by atoms with Crippen LogP contribution in [0.3, 0.4) is 0 Å². The van der Waals surface area contributed by atoms with Crippen LogP contribution in [0, 0.1) is 0 Å². The Morgan fingerprint density at radius 3 is 2.75 bits per heavy atom. The first kappa shape index (κ1) is 24.4. The fraction of sp³-hybridized carbons (Fsp3) is 0.500. The number of alkyl halides is 2. The summed E-state index contributed by atoms with van der Waals surface area (Å²) in [6, 6.07) is 1.80. The SMILES string of the molecule is O=C(C(F)F)N1CCO[C@H](CNc2nc(C3C=C(F)C(N4CCOCC4)=CC3)cc3nccnc23)C1. The molecule has 192 valence electrons. The Hall–Kier alpha value is -3.25. The lowest BCUT2D eigenvalue weighted by atomic mass is 9.94. The van der Waals surface area contributed by atoms with Gasteiger partial charge < -0.3 is 24.6 Å². The van der Waals surface area contributed by atoms with E-state index < -0.39 is 18.4 Å². The maximum absolute atomic E-state index is 15.1. The summed E-state index contributed by atoms with van der Waals surface area (Å²) in [4.78, 5) is 28.3. The highest BCUT2D eigenvalue weighted by atomic mass is 19.3. The van der Waals surface area contributed by atoms with Crippen molar-refractivity contribution in [3.05, 3.63) is 47.8 Å². The Morgan fingerprint density at radius 2 is 1.97 bits per heavy atom. The highest BCUT2D eigenvalue weighted by molar-refractivity contribution is 5.85. The van der Waals surface area contributed by atoms with Crippen LogP contribution in [-0.2, 0) is 14.3 Å². The third-order valence-corrected chi connectivity index (χ3v) is 6.50. The van der Waals surface area contributed by atoms with Gasteiger partial charge >= 0.3 is 6.43 Å². The van der Waals surface area contributed by atoms with Crippen molar-refractivity contribution in [3.63, 3.8) is 0 Å². The van der Waals surface area contributed by atoms with Crippen LogP contribution in [0.1, 0.15) is 18.0 Å². The summed E-state index contributed by atoms with van der Waals surface area (Å²) >= 11 is 0. The van der Waals surface area contributed by atoms with Crippen LogP contribution >= 0.6 is 0 Å². The number of anilines is 1. The average Bonchev–Trinajstić information content (AvgIpc) is 2.91. The first-order valence-electron chi connectivity index (χ1n) is 11.9. The smallest absolute Gasteiger partial charge is 0.315 e. The molecule has 0 bridgehead atoms. The molecule has 2 saturated heterocycles. The molecule has 2 atom stereocenters. The van der Waals surface area contributed by atoms with Crippen LogP contribution in [0.2, 0.25) is 0 Å². The second-order valence-electron chi connectivity index (χ2n) is 8.82. The van der Waals surface area contributed by atoms with Gasteiger partial charge in [-0.2, -0.15) is 8.78 Å². The van der Waals surface area contributed by atoms with E-state index in [0.29, 0.717) is 61.0 Å². The third-order valence-electron chi connectivity index (χ3n) is 6.50. The lowest BCUT2D eigenvalue weighted by Gasteiger charge is -2.33. The molecule has 5 rings (SSSR count). The monoisotopic (exact) mass is 504 g/mol. The fourth-order valence-electron chi connectivity index (χ4n) is 4.65. The Bertz CT molecular complexity index is 1170. The molecule has 0 radical (unpaired) electrons. The number of ether oxygens (including phenoxy) is 2. The average molecular weight is 505 g/mol. The molecule has 12 heteroatoms. The molecule has 2 aromatic heterocycles. The van der Waals surface area contributed by atoms with Gasteiger partial charge in [-0.25, -0.2) is 14.4 Å². The molecule has 36 heavy (non-hydrogen) atoms. The van der Waals surface area contributed by atoms with Crippen molar-refractivity contribution in [1.82, 2.24) is 24.8 Å². The summed E-state index contributed by atoms with van der Waals surface area (Å²) < 4.78 is 51.7. The Kier molecular flexibility index (Phi) is 7.33. The van der Waals surface area contributed by atoms with Crippen molar-refractivity contribution in [2.24, 2.45) is 0 Å². The van der Waals surface area contributed by atoms with Crippen LogP contribution in [0.4, 0.5) is 19.0 Å². The van der Waals surface area contributed by atoms with Crippen molar-refractivity contribution < 1.29 is 27.4 Å². The molecule has 2 aliphatic heterocycles. The second kappa shape index (κ2) is 10.8. The molecule has 1 amide bonds. The zero-order chi connectivity index (χ0) is 25.1. The van der Waals surface area contributed by atoms with Gasteiger partial charge in [0.1, 0.15) is 11.3 Å². The molecule has 0 aromatic carbocycles. The minimum absolute atomic E-state index is 0.0468. The molecule has 0 saturated carbocycles. The Balaban J connectivity index is 1.33. The van der Waals surface area contributed by atoms with Crippen molar-refractivity contribution >= 4 is 22.8 Å². The minimum Gasteiger partial charge on any atom is -0.378 e. The normalized spacial score (nSPS) is 23.0. The van der Waals surface area contributed by atoms with E-state index in [1.165, 1.54) is 0 Å². The number of hydrogen-bond donors (Lipinski definition) is 1. The van der Waals surface area contributed by atoms with E-state index in [4.69, 9.17) is 14.5 Å². The lowest BCUT2D eigenvalue weighted by molar-refractivity contribution is -0.149. The molecule has 4 heterocycles. The Labute approximate surface area is 206 Å². The van der Waals surface area contributed by atoms with Gasteiger partial charge in [0.25, 0.3) is 5.91 Å². The standard InChI is InChI=1S/C24H27F3N6O3/c25-17-11-15(1-2-20(17)32-5-8-35-9-6-32)18-12-19-21(29-4-3-28-19)23(31-18)30-13-16-14-33(7-10-36-16)24(34)22(26)27/h2-4,11-12,15-16,22H,1,5-10,13-14H2,(H,30,31)/t15?,16-/m1/s1. The van der Waals surface area contributed by atoms with Crippen LogP contribution in [0.25, 0.3) is 11.0 Å². The molecule has 2 aromatic rings. The molecule has 3 aliphatic rings. The first-order chi connectivity index (χ1) is 17.5. The van der Waals surface area contributed by atoms with Gasteiger partial charge in [-0.3, -0.25) is 9.78 Å². The quantitative estimate of drug-likeness (QED) is 0.642. The predicted molar refractivity (Wildman–Crippen MR) is 125 cm³/mol. The summed E-state index contributed by atoms with van der Waals surface area (Å²) in [6.07, 6.45) is 3.63. The number of aromatic nitrogens is 3. The molecule has 2 fully saturated rings. The van der Waals surface area contributed by atoms with E-state index in [0.717, 1.165) is 4.90 Å². The second-order valence-corrected chi connectivity index (χ2v) is 8.82. The third kappa shape index (κ3) is 5.29. The molecule has 1 unspecified atom stereocenters. The molecular weight excluding hydrogens is 477 g/mol. The van der Waals surface area contributed by atoms with Gasteiger partial charge in [-0.1, -0.05) is 6.08 Å². The number of rotatable bonds is 6. The number of nitrogens with zero attached hydrogens (tertiary/aromatic N) is 5. The van der Waals surface area contributed by atoms with Crippen molar-refractivity contribution in [2.75, 3.05) is 57.9 Å². The number of nitrogens with one attached hydrogen (secondary N) is 1. The van der Waals surface area contributed by atoms with Gasteiger partial charge in [0.2, 0.25) is 0 Å². The zero-order valence-corrected chi connectivity index (χ0v) is 19.6. The molecule has 9 nitrogen and oxygen atoms in total. The highest BCUT2D eigenvalue weighted by Crippen LogP contribution is 2.34. The van der Waals surface area contributed by atoms with Gasteiger partial charge in [0, 0.05) is 51.0 Å². The fourth-order valence-corrected chi connectivity index (χ4v) is 4.65. The topological polar surface area (TPSA) is 92.7 Å². The number of morpholine rings is 2.